The van der Waals surface area contributed by atoms with Crippen molar-refractivity contribution < 1.29 is 19.4 Å². The zero-order valence-electron chi connectivity index (χ0n) is 5.74. The van der Waals surface area contributed by atoms with Crippen LogP contribution >= 0.6 is 0 Å². The predicted molar refractivity (Wildman–Crippen MR) is 34.2 cm³/mol. The average Bonchev–Trinajstić information content (AvgIpc) is 1.97. The molecule has 0 rings (SSSR count). The Bertz CT molecular complexity index is 119. The number of carbonyl (C=O) groups excluding carboxylic acids is 1. The molecule has 0 amide bonds. The molecular weight excluding hydrogens is 136 g/mol. The van der Waals surface area contributed by atoms with Gasteiger partial charge >= 0.3 is 5.97 Å². The summed E-state index contributed by atoms with van der Waals surface area (Å²) < 4.78 is 8.89. The molecule has 0 aliphatic carbocycles. The van der Waals surface area contributed by atoms with Gasteiger partial charge in [-0.15, -0.1) is 0 Å². The van der Waals surface area contributed by atoms with Crippen molar-refractivity contribution in [1.29, 1.82) is 0 Å². The first-order valence-electron chi connectivity index (χ1n) is 2.78. The molecule has 4 nitrogen and oxygen atoms in total. The van der Waals surface area contributed by atoms with Gasteiger partial charge in [0.2, 0.25) is 0 Å². The second kappa shape index (κ2) is 6.10. The van der Waals surface area contributed by atoms with Crippen LogP contribution in [0.5, 0.6) is 0 Å². The summed E-state index contributed by atoms with van der Waals surface area (Å²) in [7, 11) is 1.43. The maximum Gasteiger partial charge on any atom is 0.333 e. The first kappa shape index (κ1) is 8.97. The van der Waals surface area contributed by atoms with Crippen LogP contribution in [0.2, 0.25) is 0 Å². The summed E-state index contributed by atoms with van der Waals surface area (Å²) in [4.78, 5) is 10.5. The first-order valence-corrected chi connectivity index (χ1v) is 2.78. The van der Waals surface area contributed by atoms with Crippen molar-refractivity contribution in [2.24, 2.45) is 0 Å². The van der Waals surface area contributed by atoms with E-state index in [0.717, 1.165) is 6.08 Å². The first-order chi connectivity index (χ1) is 4.81. The van der Waals surface area contributed by atoms with Crippen molar-refractivity contribution in [2.45, 2.75) is 0 Å². The Hall–Kier alpha value is -1.03. The van der Waals surface area contributed by atoms with Gasteiger partial charge in [0.25, 0.3) is 0 Å². The summed E-state index contributed by atoms with van der Waals surface area (Å²) in [5.74, 6) is -0.518. The van der Waals surface area contributed by atoms with Crippen molar-refractivity contribution in [3.05, 3.63) is 12.3 Å². The molecule has 0 aliphatic rings. The van der Waals surface area contributed by atoms with Gasteiger partial charge in [0, 0.05) is 0 Å². The third-order valence-corrected chi connectivity index (χ3v) is 0.676. The molecule has 0 aromatic heterocycles. The summed E-state index contributed by atoms with van der Waals surface area (Å²) in [6.45, 7) is -0.139. The monoisotopic (exact) mass is 146 g/mol. The van der Waals surface area contributed by atoms with Crippen LogP contribution in [0.1, 0.15) is 0 Å². The highest BCUT2D eigenvalue weighted by atomic mass is 16.5. The summed E-state index contributed by atoms with van der Waals surface area (Å²) in [5, 5.41) is 8.21. The SMILES string of the molecule is COC=CC(=O)OCCO. The number of hydrogen-bond donors (Lipinski definition) is 1. The normalized spacial score (nSPS) is 9.80. The molecule has 0 unspecified atom stereocenters. The van der Waals surface area contributed by atoms with E-state index < -0.39 is 5.97 Å². The Morgan fingerprint density at radius 3 is 2.90 bits per heavy atom. The van der Waals surface area contributed by atoms with Crippen LogP contribution in [0.3, 0.4) is 0 Å². The molecule has 4 heteroatoms. The maximum atomic E-state index is 10.5. The lowest BCUT2D eigenvalue weighted by atomic mass is 10.6. The third-order valence-electron chi connectivity index (χ3n) is 0.676. The molecule has 0 saturated carbocycles. The van der Waals surface area contributed by atoms with Gasteiger partial charge < -0.3 is 14.6 Å². The summed E-state index contributed by atoms with van der Waals surface area (Å²) in [6.07, 6.45) is 2.34. The number of rotatable bonds is 4. The van der Waals surface area contributed by atoms with Gasteiger partial charge in [-0.2, -0.15) is 0 Å². The highest BCUT2D eigenvalue weighted by Gasteiger charge is 1.93. The molecule has 0 atom stereocenters. The van der Waals surface area contributed by atoms with E-state index in [-0.39, 0.29) is 13.2 Å². The van der Waals surface area contributed by atoms with Gasteiger partial charge in [-0.05, 0) is 0 Å². The quantitative estimate of drug-likeness (QED) is 0.335. The maximum absolute atomic E-state index is 10.5. The van der Waals surface area contributed by atoms with Gasteiger partial charge in [0.1, 0.15) is 6.61 Å². The Labute approximate surface area is 59.1 Å². The molecule has 0 heterocycles. The van der Waals surface area contributed by atoms with Crippen molar-refractivity contribution in [3.8, 4) is 0 Å². The summed E-state index contributed by atoms with van der Waals surface area (Å²) in [5.41, 5.74) is 0. The lowest BCUT2D eigenvalue weighted by molar-refractivity contribution is -0.138. The van der Waals surface area contributed by atoms with Crippen LogP contribution < -0.4 is 0 Å². The number of methoxy groups -OCH3 is 1. The van der Waals surface area contributed by atoms with E-state index in [1.165, 1.54) is 13.4 Å². The van der Waals surface area contributed by atoms with Crippen molar-refractivity contribution in [2.75, 3.05) is 20.3 Å². The van der Waals surface area contributed by atoms with Crippen LogP contribution in [0, 0.1) is 0 Å². The molecule has 0 aromatic carbocycles. The number of carbonyl (C=O) groups is 1. The minimum Gasteiger partial charge on any atom is -0.504 e. The second-order valence-corrected chi connectivity index (χ2v) is 1.43. The van der Waals surface area contributed by atoms with Gasteiger partial charge in [-0.3, -0.25) is 0 Å². The van der Waals surface area contributed by atoms with E-state index in [9.17, 15) is 4.79 Å². The molecule has 1 N–H and O–H groups in total. The molecule has 0 spiro atoms. The molecule has 0 fully saturated rings. The molecular formula is C6H10O4. The minimum atomic E-state index is -0.518. The van der Waals surface area contributed by atoms with Gasteiger partial charge in [-0.1, -0.05) is 0 Å². The van der Waals surface area contributed by atoms with E-state index >= 15 is 0 Å². The zero-order chi connectivity index (χ0) is 7.82. The fourth-order valence-electron chi connectivity index (χ4n) is 0.318. The predicted octanol–water partition coefficient (Wildman–Crippen LogP) is -0.318. The number of aliphatic hydroxyl groups excluding tert-OH is 1. The Morgan fingerprint density at radius 2 is 2.40 bits per heavy atom. The summed E-state index contributed by atoms with van der Waals surface area (Å²) in [6, 6.07) is 0. The molecule has 10 heavy (non-hydrogen) atoms. The van der Waals surface area contributed by atoms with Gasteiger partial charge in [0.05, 0.1) is 26.1 Å². The topological polar surface area (TPSA) is 55.8 Å². The van der Waals surface area contributed by atoms with E-state index in [1.54, 1.807) is 0 Å². The second-order valence-electron chi connectivity index (χ2n) is 1.43. The van der Waals surface area contributed by atoms with Crippen LogP contribution in [0.15, 0.2) is 12.3 Å². The Balaban J connectivity index is 3.34. The van der Waals surface area contributed by atoms with Crippen molar-refractivity contribution in [1.82, 2.24) is 0 Å². The Kier molecular flexibility index (Phi) is 5.47. The fraction of sp³-hybridized carbons (Fsp3) is 0.500. The van der Waals surface area contributed by atoms with Gasteiger partial charge in [0.15, 0.2) is 0 Å². The van der Waals surface area contributed by atoms with Crippen molar-refractivity contribution in [3.63, 3.8) is 0 Å². The molecule has 58 valence electrons. The van der Waals surface area contributed by atoms with E-state index in [2.05, 4.69) is 9.47 Å². The number of hydrogen-bond acceptors (Lipinski definition) is 4. The summed E-state index contributed by atoms with van der Waals surface area (Å²) >= 11 is 0. The van der Waals surface area contributed by atoms with Crippen LogP contribution in [-0.2, 0) is 14.3 Å². The zero-order valence-corrected chi connectivity index (χ0v) is 5.74. The molecule has 0 aliphatic heterocycles. The van der Waals surface area contributed by atoms with E-state index in [0.29, 0.717) is 0 Å². The lowest BCUT2D eigenvalue weighted by Gasteiger charge is -1.95. The molecule has 0 bridgehead atoms. The highest BCUT2D eigenvalue weighted by molar-refractivity contribution is 5.81. The van der Waals surface area contributed by atoms with E-state index in [4.69, 9.17) is 5.11 Å². The Morgan fingerprint density at radius 1 is 1.70 bits per heavy atom. The number of ether oxygens (including phenoxy) is 2. The number of esters is 1. The van der Waals surface area contributed by atoms with Crippen molar-refractivity contribution >= 4 is 5.97 Å². The lowest BCUT2D eigenvalue weighted by Crippen LogP contribution is -2.05. The minimum absolute atomic E-state index is 0.0207. The van der Waals surface area contributed by atoms with E-state index in [1.807, 2.05) is 0 Å². The highest BCUT2D eigenvalue weighted by Crippen LogP contribution is 1.80. The standard InChI is InChI=1S/C6H10O4/c1-9-4-2-6(8)10-5-3-7/h2,4,7H,3,5H2,1H3. The van der Waals surface area contributed by atoms with Crippen LogP contribution in [-0.4, -0.2) is 31.4 Å². The molecule has 0 saturated heterocycles. The third kappa shape index (κ3) is 5.11. The van der Waals surface area contributed by atoms with Crippen LogP contribution in [0.25, 0.3) is 0 Å². The molecule has 0 radical (unpaired) electrons. The molecule has 0 aromatic rings. The largest absolute Gasteiger partial charge is 0.504 e. The van der Waals surface area contributed by atoms with Crippen LogP contribution in [0.4, 0.5) is 0 Å². The van der Waals surface area contributed by atoms with Gasteiger partial charge in [-0.25, -0.2) is 4.79 Å². The number of aliphatic hydroxyl groups is 1. The smallest absolute Gasteiger partial charge is 0.333 e. The average molecular weight is 146 g/mol. The fourth-order valence-corrected chi connectivity index (χ4v) is 0.318.